The summed E-state index contributed by atoms with van der Waals surface area (Å²) in [5.41, 5.74) is 18.9. The van der Waals surface area contributed by atoms with E-state index >= 15 is 0 Å². The van der Waals surface area contributed by atoms with Crippen LogP contribution in [-0.4, -0.2) is 41.7 Å². The number of aromatic amines is 1. The number of amides is 1. The lowest BCUT2D eigenvalue weighted by molar-refractivity contribution is 0.0687. The molecule has 1 aliphatic rings. The van der Waals surface area contributed by atoms with E-state index in [1.807, 2.05) is 12.1 Å². The maximum atomic E-state index is 13.5. The molecular formula is C31H28ClFN10O7. The number of fused-ring (bicyclic) bond motifs is 2. The molecule has 0 radical (unpaired) electrons. The van der Waals surface area contributed by atoms with Gasteiger partial charge < -0.3 is 32.9 Å². The SMILES string of the molecule is Cl.NCc1ccc(F)c(CNc2c(N)c(=O)c2=O)c1.Nc1cnn2c(C(=O)O)cc(C(=O)N[C@H]3CCc4cc(-c5noc(=O)[nH]5)ccc43)nc12. The Balaban J connectivity index is 0.000000219. The molecule has 1 amide bonds. The van der Waals surface area contributed by atoms with Gasteiger partial charge in [-0.05, 0) is 47.7 Å². The summed E-state index contributed by atoms with van der Waals surface area (Å²) in [6.45, 7) is 0.379. The highest BCUT2D eigenvalue weighted by atomic mass is 35.5. The van der Waals surface area contributed by atoms with Gasteiger partial charge in [0.25, 0.3) is 16.8 Å². The number of carboxylic acid groups (broad SMARTS) is 1. The smallest absolute Gasteiger partial charge is 0.439 e. The third-order valence-electron chi connectivity index (χ3n) is 7.94. The summed E-state index contributed by atoms with van der Waals surface area (Å²) in [5, 5.41) is 22.6. The third-order valence-corrected chi connectivity index (χ3v) is 7.94. The van der Waals surface area contributed by atoms with Crippen molar-refractivity contribution in [2.75, 3.05) is 16.8 Å². The third kappa shape index (κ3) is 6.64. The molecule has 0 bridgehead atoms. The lowest BCUT2D eigenvalue weighted by atomic mass is 10.0. The van der Waals surface area contributed by atoms with Gasteiger partial charge in [0.1, 0.15) is 22.9 Å². The summed E-state index contributed by atoms with van der Waals surface area (Å²) >= 11 is 0. The van der Waals surface area contributed by atoms with Gasteiger partial charge in [0, 0.05) is 30.3 Å². The Labute approximate surface area is 285 Å². The maximum absolute atomic E-state index is 13.5. The van der Waals surface area contributed by atoms with Crippen LogP contribution < -0.4 is 44.4 Å². The van der Waals surface area contributed by atoms with Crippen molar-refractivity contribution in [3.8, 4) is 11.4 Å². The average molecular weight is 707 g/mol. The number of hydrogen-bond donors (Lipinski definition) is 7. The highest BCUT2D eigenvalue weighted by Gasteiger charge is 2.27. The van der Waals surface area contributed by atoms with Crippen molar-refractivity contribution in [3.05, 3.63) is 119 Å². The lowest BCUT2D eigenvalue weighted by Crippen LogP contribution is -2.37. The van der Waals surface area contributed by atoms with Crippen molar-refractivity contribution in [2.24, 2.45) is 5.73 Å². The molecular weight excluding hydrogens is 679 g/mol. The molecule has 17 nitrogen and oxygen atoms in total. The summed E-state index contributed by atoms with van der Waals surface area (Å²) < 4.78 is 19.1. The van der Waals surface area contributed by atoms with E-state index in [9.17, 15) is 33.5 Å². The molecule has 10 N–H and O–H groups in total. The number of aromatic carboxylic acids is 1. The predicted octanol–water partition coefficient (Wildman–Crippen LogP) is 1.27. The number of halogens is 2. The van der Waals surface area contributed by atoms with E-state index in [1.54, 1.807) is 18.2 Å². The molecule has 0 unspecified atom stereocenters. The normalized spacial score (nSPS) is 13.3. The van der Waals surface area contributed by atoms with E-state index in [1.165, 1.54) is 12.3 Å². The number of H-pyrrole nitrogens is 1. The van der Waals surface area contributed by atoms with Gasteiger partial charge in [-0.25, -0.2) is 23.5 Å². The zero-order chi connectivity index (χ0) is 35.0. The summed E-state index contributed by atoms with van der Waals surface area (Å²) in [6.07, 6.45) is 2.64. The molecule has 0 saturated heterocycles. The minimum Gasteiger partial charge on any atom is -0.477 e. The number of rotatable bonds is 8. The van der Waals surface area contributed by atoms with E-state index in [0.29, 0.717) is 36.3 Å². The fraction of sp³-hybridized carbons (Fsp3) is 0.161. The number of nitrogens with zero attached hydrogens (tertiary/aromatic N) is 4. The second kappa shape index (κ2) is 14.0. The number of nitrogens with one attached hydrogen (secondary N) is 3. The van der Waals surface area contributed by atoms with E-state index < -0.39 is 34.3 Å². The Hall–Kier alpha value is -6.40. The first-order valence-corrected chi connectivity index (χ1v) is 14.6. The quantitative estimate of drug-likeness (QED) is 0.110. The van der Waals surface area contributed by atoms with Crippen molar-refractivity contribution in [3.63, 3.8) is 0 Å². The van der Waals surface area contributed by atoms with Gasteiger partial charge in [0.2, 0.25) is 0 Å². The predicted molar refractivity (Wildman–Crippen MR) is 180 cm³/mol. The summed E-state index contributed by atoms with van der Waals surface area (Å²) in [4.78, 5) is 64.3. The fourth-order valence-corrected chi connectivity index (χ4v) is 5.41. The lowest BCUT2D eigenvalue weighted by Gasteiger charge is -2.14. The number of nitrogen functional groups attached to an aromatic ring is 2. The highest BCUT2D eigenvalue weighted by Crippen LogP contribution is 2.33. The molecule has 3 aromatic carbocycles. The van der Waals surface area contributed by atoms with Crippen LogP contribution in [0.15, 0.2) is 67.6 Å². The van der Waals surface area contributed by atoms with E-state index in [-0.39, 0.29) is 59.1 Å². The van der Waals surface area contributed by atoms with Crippen molar-refractivity contribution in [1.29, 1.82) is 0 Å². The Morgan fingerprint density at radius 1 is 1.10 bits per heavy atom. The van der Waals surface area contributed by atoms with Crippen LogP contribution >= 0.6 is 12.4 Å². The molecule has 0 aliphatic heterocycles. The first-order chi connectivity index (χ1) is 23.4. The van der Waals surface area contributed by atoms with Crippen molar-refractivity contribution in [1.82, 2.24) is 30.1 Å². The second-order valence-electron chi connectivity index (χ2n) is 11.0. The van der Waals surface area contributed by atoms with Gasteiger partial charge in [-0.3, -0.25) is 23.9 Å². The highest BCUT2D eigenvalue weighted by molar-refractivity contribution is 5.97. The number of anilines is 3. The molecule has 6 aromatic rings. The van der Waals surface area contributed by atoms with E-state index in [4.69, 9.17) is 17.2 Å². The first-order valence-electron chi connectivity index (χ1n) is 14.6. The van der Waals surface area contributed by atoms with Crippen LogP contribution in [0.3, 0.4) is 0 Å². The Morgan fingerprint density at radius 2 is 1.88 bits per heavy atom. The molecule has 3 aromatic heterocycles. The second-order valence-corrected chi connectivity index (χ2v) is 11.0. The number of nitrogens with two attached hydrogens (primary N) is 3. The summed E-state index contributed by atoms with van der Waals surface area (Å²) in [7, 11) is 0. The Bertz CT molecular complexity index is 2400. The van der Waals surface area contributed by atoms with Crippen molar-refractivity contribution in [2.45, 2.75) is 32.0 Å². The molecule has 0 saturated carbocycles. The van der Waals surface area contributed by atoms with Gasteiger partial charge in [-0.2, -0.15) is 5.10 Å². The van der Waals surface area contributed by atoms with Crippen LogP contribution in [0.5, 0.6) is 0 Å². The largest absolute Gasteiger partial charge is 0.477 e. The molecule has 7 rings (SSSR count). The zero-order valence-corrected chi connectivity index (χ0v) is 26.5. The molecule has 0 fully saturated rings. The number of hydrogen-bond acceptors (Lipinski definition) is 13. The molecule has 3 heterocycles. The first kappa shape index (κ1) is 34.9. The molecule has 258 valence electrons. The summed E-state index contributed by atoms with van der Waals surface area (Å²) in [5.74, 6) is -2.48. The Kier molecular flexibility index (Phi) is 9.77. The van der Waals surface area contributed by atoms with Gasteiger partial charge >= 0.3 is 11.7 Å². The number of aryl methyl sites for hydroxylation is 1. The van der Waals surface area contributed by atoms with Gasteiger partial charge in [0.05, 0.1) is 17.9 Å². The van der Waals surface area contributed by atoms with Crippen molar-refractivity contribution >= 4 is 47.0 Å². The minimum absolute atomic E-state index is 0. The van der Waals surface area contributed by atoms with Gasteiger partial charge in [0.15, 0.2) is 17.2 Å². The monoisotopic (exact) mass is 706 g/mol. The molecule has 1 atom stereocenters. The molecule has 19 heteroatoms. The zero-order valence-electron chi connectivity index (χ0n) is 25.7. The number of carboxylic acids is 1. The van der Waals surface area contributed by atoms with Crippen LogP contribution in [0.2, 0.25) is 0 Å². The number of carbonyl (C=O) groups excluding carboxylic acids is 1. The van der Waals surface area contributed by atoms with Crippen LogP contribution in [0.25, 0.3) is 17.0 Å². The van der Waals surface area contributed by atoms with Crippen LogP contribution in [0, 0.1) is 5.82 Å². The van der Waals surface area contributed by atoms with Gasteiger partial charge in [-0.15, -0.1) is 12.4 Å². The average Bonchev–Trinajstić information content (AvgIpc) is 3.83. The molecule has 0 spiro atoms. The molecule has 50 heavy (non-hydrogen) atoms. The standard InChI is InChI=1S/C19H15N7O5.C12H12FN3O2.ClH/c20-11-7-21-26-14(18(28)29)6-13(22-16(11)26)17(27)23-12-4-2-8-5-9(1-3-10(8)12)15-24-19(30)31-25-15;13-8-2-1-6(4-14)3-7(8)5-16-10-9(15)11(17)12(10)18;/h1,3,5-7,12H,2,4,20H2,(H,23,27)(H,28,29)(H,24,25,30);1-3,16H,4-5,14-15H2;1H/t12-;;/m0../s1. The number of benzene rings is 2. The summed E-state index contributed by atoms with van der Waals surface area (Å²) in [6, 6.07) is 10.9. The number of aromatic nitrogens is 5. The minimum atomic E-state index is -1.26. The fourth-order valence-electron chi connectivity index (χ4n) is 5.41. The van der Waals surface area contributed by atoms with Crippen LogP contribution in [0.4, 0.5) is 21.5 Å². The van der Waals surface area contributed by atoms with Gasteiger partial charge in [-0.1, -0.05) is 23.4 Å². The van der Waals surface area contributed by atoms with Crippen LogP contribution in [0.1, 0.15) is 55.7 Å². The maximum Gasteiger partial charge on any atom is 0.439 e. The molecule has 1 aliphatic carbocycles. The van der Waals surface area contributed by atoms with E-state index in [2.05, 4.69) is 35.4 Å². The van der Waals surface area contributed by atoms with Crippen molar-refractivity contribution < 1.29 is 23.6 Å². The number of carbonyl (C=O) groups is 2. The topological polar surface area (TPSA) is 280 Å². The van der Waals surface area contributed by atoms with Crippen LogP contribution in [-0.2, 0) is 19.5 Å². The van der Waals surface area contributed by atoms with E-state index in [0.717, 1.165) is 27.3 Å². The Morgan fingerprint density at radius 3 is 2.56 bits per heavy atom.